The SMILES string of the molecule is CC1SCCN(c2cc(F)cc(CNC3CC3)c2)C1C. The number of benzene rings is 1. The summed E-state index contributed by atoms with van der Waals surface area (Å²) in [5.74, 6) is 1.01. The van der Waals surface area contributed by atoms with E-state index in [1.165, 1.54) is 12.8 Å². The maximum absolute atomic E-state index is 13.9. The van der Waals surface area contributed by atoms with Crippen LogP contribution in [0.3, 0.4) is 0 Å². The average Bonchev–Trinajstić information content (AvgIpc) is 3.23. The van der Waals surface area contributed by atoms with Crippen LogP contribution in [0, 0.1) is 5.82 Å². The van der Waals surface area contributed by atoms with Crippen LogP contribution in [0.2, 0.25) is 0 Å². The molecule has 2 atom stereocenters. The third kappa shape index (κ3) is 3.29. The van der Waals surface area contributed by atoms with Gasteiger partial charge in [0.25, 0.3) is 0 Å². The van der Waals surface area contributed by atoms with Gasteiger partial charge < -0.3 is 10.2 Å². The van der Waals surface area contributed by atoms with E-state index in [-0.39, 0.29) is 5.82 Å². The summed E-state index contributed by atoms with van der Waals surface area (Å²) in [6, 6.07) is 6.61. The van der Waals surface area contributed by atoms with Crippen molar-refractivity contribution in [2.75, 3.05) is 17.2 Å². The molecule has 1 saturated carbocycles. The molecule has 2 unspecified atom stereocenters. The first-order valence-corrected chi connectivity index (χ1v) is 8.59. The Morgan fingerprint density at radius 2 is 2.10 bits per heavy atom. The summed E-state index contributed by atoms with van der Waals surface area (Å²) in [6.07, 6.45) is 2.53. The molecular weight excluding hydrogens is 271 g/mol. The Hall–Kier alpha value is -0.740. The first kappa shape index (κ1) is 14.2. The molecule has 3 rings (SSSR count). The first-order chi connectivity index (χ1) is 9.63. The lowest BCUT2D eigenvalue weighted by molar-refractivity contribution is 0.604. The summed E-state index contributed by atoms with van der Waals surface area (Å²) >= 11 is 2.01. The van der Waals surface area contributed by atoms with Crippen molar-refractivity contribution in [1.29, 1.82) is 0 Å². The molecule has 20 heavy (non-hydrogen) atoms. The van der Waals surface area contributed by atoms with Crippen LogP contribution in [-0.4, -0.2) is 29.6 Å². The Kier molecular flexibility index (Phi) is 4.22. The molecule has 2 aliphatic rings. The number of halogens is 1. The van der Waals surface area contributed by atoms with Gasteiger partial charge in [-0.05, 0) is 43.5 Å². The molecular formula is C16H23FN2S. The van der Waals surface area contributed by atoms with Gasteiger partial charge >= 0.3 is 0 Å². The largest absolute Gasteiger partial charge is 0.367 e. The van der Waals surface area contributed by atoms with E-state index in [0.29, 0.717) is 17.3 Å². The number of hydrogen-bond donors (Lipinski definition) is 1. The second-order valence-corrected chi connectivity index (χ2v) is 7.47. The van der Waals surface area contributed by atoms with Crippen LogP contribution in [-0.2, 0) is 6.54 Å². The Morgan fingerprint density at radius 1 is 1.30 bits per heavy atom. The van der Waals surface area contributed by atoms with Gasteiger partial charge in [-0.3, -0.25) is 0 Å². The number of hydrogen-bond acceptors (Lipinski definition) is 3. The fraction of sp³-hybridized carbons (Fsp3) is 0.625. The highest BCUT2D eigenvalue weighted by Crippen LogP contribution is 2.30. The average molecular weight is 294 g/mol. The predicted octanol–water partition coefficient (Wildman–Crippen LogP) is 3.41. The molecule has 1 aromatic rings. The predicted molar refractivity (Wildman–Crippen MR) is 85.0 cm³/mol. The zero-order valence-electron chi connectivity index (χ0n) is 12.2. The minimum Gasteiger partial charge on any atom is -0.367 e. The van der Waals surface area contributed by atoms with Gasteiger partial charge in [-0.25, -0.2) is 4.39 Å². The van der Waals surface area contributed by atoms with E-state index in [9.17, 15) is 4.39 Å². The molecule has 0 spiro atoms. The fourth-order valence-electron chi connectivity index (χ4n) is 2.75. The van der Waals surface area contributed by atoms with Crippen LogP contribution in [0.5, 0.6) is 0 Å². The van der Waals surface area contributed by atoms with E-state index in [1.54, 1.807) is 12.1 Å². The summed E-state index contributed by atoms with van der Waals surface area (Å²) in [5.41, 5.74) is 2.10. The van der Waals surface area contributed by atoms with E-state index >= 15 is 0 Å². The van der Waals surface area contributed by atoms with Crippen LogP contribution in [0.15, 0.2) is 18.2 Å². The molecule has 1 aromatic carbocycles. The van der Waals surface area contributed by atoms with Gasteiger partial charge in [-0.15, -0.1) is 0 Å². The minimum absolute atomic E-state index is 0.117. The minimum atomic E-state index is -0.117. The molecule has 1 aliphatic heterocycles. The highest BCUT2D eigenvalue weighted by Gasteiger charge is 2.26. The van der Waals surface area contributed by atoms with Gasteiger partial charge in [-0.2, -0.15) is 11.8 Å². The van der Waals surface area contributed by atoms with Gasteiger partial charge in [-0.1, -0.05) is 6.92 Å². The van der Waals surface area contributed by atoms with Crippen LogP contribution >= 0.6 is 11.8 Å². The van der Waals surface area contributed by atoms with Crippen molar-refractivity contribution in [3.05, 3.63) is 29.6 Å². The van der Waals surface area contributed by atoms with Crippen molar-refractivity contribution in [3.63, 3.8) is 0 Å². The molecule has 0 bridgehead atoms. The van der Waals surface area contributed by atoms with E-state index in [1.807, 2.05) is 11.8 Å². The lowest BCUT2D eigenvalue weighted by Gasteiger charge is -2.39. The lowest BCUT2D eigenvalue weighted by Crippen LogP contribution is -2.44. The zero-order valence-corrected chi connectivity index (χ0v) is 13.0. The summed E-state index contributed by atoms with van der Waals surface area (Å²) < 4.78 is 13.9. The maximum atomic E-state index is 13.9. The Balaban J connectivity index is 1.76. The highest BCUT2D eigenvalue weighted by atomic mass is 32.2. The van der Waals surface area contributed by atoms with Gasteiger partial charge in [0.15, 0.2) is 0 Å². The number of nitrogens with zero attached hydrogens (tertiary/aromatic N) is 1. The topological polar surface area (TPSA) is 15.3 Å². The van der Waals surface area contributed by atoms with Crippen molar-refractivity contribution in [1.82, 2.24) is 5.32 Å². The van der Waals surface area contributed by atoms with Crippen molar-refractivity contribution < 1.29 is 4.39 Å². The summed E-state index contributed by atoms with van der Waals surface area (Å²) in [5, 5.41) is 4.06. The summed E-state index contributed by atoms with van der Waals surface area (Å²) in [7, 11) is 0. The van der Waals surface area contributed by atoms with E-state index < -0.39 is 0 Å². The molecule has 2 nitrogen and oxygen atoms in total. The van der Waals surface area contributed by atoms with Gasteiger partial charge in [0.05, 0.1) is 0 Å². The second-order valence-electron chi connectivity index (χ2n) is 5.98. The van der Waals surface area contributed by atoms with Crippen LogP contribution in [0.4, 0.5) is 10.1 Å². The number of rotatable bonds is 4. The molecule has 2 fully saturated rings. The summed E-state index contributed by atoms with van der Waals surface area (Å²) in [4.78, 5) is 2.35. The van der Waals surface area contributed by atoms with E-state index in [4.69, 9.17) is 0 Å². The maximum Gasteiger partial charge on any atom is 0.125 e. The monoisotopic (exact) mass is 294 g/mol. The standard InChI is InChI=1S/C16H23FN2S/c1-11-12(2)20-6-5-19(11)16-8-13(7-14(17)9-16)10-18-15-3-4-15/h7-9,11-12,15,18H,3-6,10H2,1-2H3. The molecule has 0 radical (unpaired) electrons. The molecule has 1 saturated heterocycles. The van der Waals surface area contributed by atoms with Gasteiger partial charge in [0.1, 0.15) is 5.82 Å². The number of anilines is 1. The molecule has 1 N–H and O–H groups in total. The van der Waals surface area contributed by atoms with Crippen molar-refractivity contribution in [2.45, 2.75) is 50.6 Å². The third-order valence-corrected chi connectivity index (χ3v) is 5.67. The third-order valence-electron chi connectivity index (χ3n) is 4.33. The van der Waals surface area contributed by atoms with Crippen LogP contribution in [0.25, 0.3) is 0 Å². The molecule has 0 amide bonds. The lowest BCUT2D eigenvalue weighted by atomic mass is 10.1. The van der Waals surface area contributed by atoms with Crippen molar-refractivity contribution >= 4 is 17.4 Å². The molecule has 4 heteroatoms. The van der Waals surface area contributed by atoms with E-state index in [0.717, 1.165) is 30.1 Å². The normalized spacial score (nSPS) is 26.9. The molecule has 1 heterocycles. The molecule has 1 aliphatic carbocycles. The molecule has 0 aromatic heterocycles. The van der Waals surface area contributed by atoms with Crippen molar-refractivity contribution in [3.8, 4) is 0 Å². The fourth-order valence-corrected chi connectivity index (χ4v) is 3.85. The Labute approximate surface area is 125 Å². The summed E-state index contributed by atoms with van der Waals surface area (Å²) in [6.45, 7) is 6.29. The van der Waals surface area contributed by atoms with Crippen LogP contribution < -0.4 is 10.2 Å². The first-order valence-electron chi connectivity index (χ1n) is 7.54. The quantitative estimate of drug-likeness (QED) is 0.916. The molecule has 110 valence electrons. The van der Waals surface area contributed by atoms with Gasteiger partial charge in [0, 0.05) is 41.9 Å². The Bertz CT molecular complexity index is 476. The second kappa shape index (κ2) is 5.94. The highest BCUT2D eigenvalue weighted by molar-refractivity contribution is 8.00. The van der Waals surface area contributed by atoms with Crippen LogP contribution in [0.1, 0.15) is 32.3 Å². The smallest absolute Gasteiger partial charge is 0.125 e. The van der Waals surface area contributed by atoms with Crippen molar-refractivity contribution in [2.24, 2.45) is 0 Å². The zero-order chi connectivity index (χ0) is 14.1. The number of nitrogens with one attached hydrogen (secondary N) is 1. The van der Waals surface area contributed by atoms with E-state index in [2.05, 4.69) is 30.1 Å². The van der Waals surface area contributed by atoms with Gasteiger partial charge in [0.2, 0.25) is 0 Å². The Morgan fingerprint density at radius 3 is 2.85 bits per heavy atom. The number of thioether (sulfide) groups is 1.